The highest BCUT2D eigenvalue weighted by Crippen LogP contribution is 2.12. The monoisotopic (exact) mass is 310 g/mol. The van der Waals surface area contributed by atoms with Crippen molar-refractivity contribution in [2.75, 3.05) is 13.1 Å². The number of halogens is 1. The zero-order valence-corrected chi connectivity index (χ0v) is 12.8. The van der Waals surface area contributed by atoms with Crippen molar-refractivity contribution in [3.63, 3.8) is 0 Å². The SMILES string of the molecule is CCN[C@H](C)CNC(=O)c1cc2ccccc2oc1=O.Cl. The first-order chi connectivity index (χ1) is 9.61. The summed E-state index contributed by atoms with van der Waals surface area (Å²) >= 11 is 0. The van der Waals surface area contributed by atoms with E-state index in [9.17, 15) is 9.59 Å². The number of para-hydroxylation sites is 1. The molecule has 0 bridgehead atoms. The van der Waals surface area contributed by atoms with Crippen molar-refractivity contribution in [1.29, 1.82) is 0 Å². The van der Waals surface area contributed by atoms with Gasteiger partial charge in [0.15, 0.2) is 0 Å². The fraction of sp³-hybridized carbons (Fsp3) is 0.333. The Bertz CT molecular complexity index is 669. The van der Waals surface area contributed by atoms with Crippen LogP contribution in [0.25, 0.3) is 11.0 Å². The van der Waals surface area contributed by atoms with Crippen LogP contribution in [0.2, 0.25) is 0 Å². The second-order valence-electron chi connectivity index (χ2n) is 4.65. The van der Waals surface area contributed by atoms with Gasteiger partial charge in [0.05, 0.1) is 0 Å². The molecule has 0 saturated heterocycles. The van der Waals surface area contributed by atoms with Gasteiger partial charge in [-0.25, -0.2) is 4.79 Å². The van der Waals surface area contributed by atoms with Crippen molar-refractivity contribution in [2.45, 2.75) is 19.9 Å². The van der Waals surface area contributed by atoms with E-state index in [-0.39, 0.29) is 24.0 Å². The Morgan fingerprint density at radius 1 is 1.33 bits per heavy atom. The minimum atomic E-state index is -0.614. The predicted molar refractivity (Wildman–Crippen MR) is 85.2 cm³/mol. The highest BCUT2D eigenvalue weighted by atomic mass is 35.5. The average molecular weight is 311 g/mol. The standard InChI is InChI=1S/C15H18N2O3.ClH/c1-3-16-10(2)9-17-14(18)12-8-11-6-4-5-7-13(11)20-15(12)19;/h4-8,10,16H,3,9H2,1-2H3,(H,17,18);1H/t10-;/m1./s1. The third-order valence-corrected chi connectivity index (χ3v) is 3.01. The Hall–Kier alpha value is -1.85. The molecule has 0 radical (unpaired) electrons. The summed E-state index contributed by atoms with van der Waals surface area (Å²) in [5.41, 5.74) is -0.0974. The number of likely N-dealkylation sites (N-methyl/N-ethyl adjacent to an activating group) is 1. The predicted octanol–water partition coefficient (Wildman–Crippen LogP) is 1.94. The van der Waals surface area contributed by atoms with Crippen molar-refractivity contribution >= 4 is 29.3 Å². The third kappa shape index (κ3) is 4.31. The normalized spacial score (nSPS) is 11.7. The fourth-order valence-electron chi connectivity index (χ4n) is 1.98. The van der Waals surface area contributed by atoms with Crippen LogP contribution in [0.5, 0.6) is 0 Å². The van der Waals surface area contributed by atoms with Crippen LogP contribution in [-0.2, 0) is 0 Å². The van der Waals surface area contributed by atoms with Gasteiger partial charge in [-0.3, -0.25) is 4.79 Å². The van der Waals surface area contributed by atoms with Crippen LogP contribution in [0, 0.1) is 0 Å². The van der Waals surface area contributed by atoms with E-state index in [1.807, 2.05) is 19.9 Å². The summed E-state index contributed by atoms with van der Waals surface area (Å²) in [7, 11) is 0. The first-order valence-corrected chi connectivity index (χ1v) is 6.66. The van der Waals surface area contributed by atoms with Crippen LogP contribution in [0.1, 0.15) is 24.2 Å². The van der Waals surface area contributed by atoms with Crippen LogP contribution in [0.3, 0.4) is 0 Å². The Balaban J connectivity index is 0.00000220. The molecule has 5 nitrogen and oxygen atoms in total. The molecule has 114 valence electrons. The number of benzene rings is 1. The van der Waals surface area contributed by atoms with Gasteiger partial charge in [-0.1, -0.05) is 25.1 Å². The average Bonchev–Trinajstić information content (AvgIpc) is 2.44. The molecule has 0 saturated carbocycles. The van der Waals surface area contributed by atoms with Crippen molar-refractivity contribution < 1.29 is 9.21 Å². The Labute approximate surface area is 129 Å². The Kier molecular flexibility index (Phi) is 6.39. The molecule has 21 heavy (non-hydrogen) atoms. The smallest absolute Gasteiger partial charge is 0.349 e. The molecular weight excluding hydrogens is 292 g/mol. The second-order valence-corrected chi connectivity index (χ2v) is 4.65. The number of fused-ring (bicyclic) bond motifs is 1. The molecule has 6 heteroatoms. The summed E-state index contributed by atoms with van der Waals surface area (Å²) in [5.74, 6) is -0.408. The zero-order valence-electron chi connectivity index (χ0n) is 12.0. The summed E-state index contributed by atoms with van der Waals surface area (Å²) in [4.78, 5) is 23.8. The molecule has 2 aromatic rings. The molecule has 0 fully saturated rings. The third-order valence-electron chi connectivity index (χ3n) is 3.01. The number of amides is 1. The number of hydrogen-bond donors (Lipinski definition) is 2. The van der Waals surface area contributed by atoms with Gasteiger partial charge < -0.3 is 15.1 Å². The number of nitrogens with one attached hydrogen (secondary N) is 2. The van der Waals surface area contributed by atoms with Crippen LogP contribution >= 0.6 is 12.4 Å². The molecule has 0 unspecified atom stereocenters. The summed E-state index contributed by atoms with van der Waals surface area (Å²) in [6.07, 6.45) is 0. The van der Waals surface area contributed by atoms with Gasteiger partial charge in [0, 0.05) is 18.0 Å². The van der Waals surface area contributed by atoms with Crippen molar-refractivity contribution in [1.82, 2.24) is 10.6 Å². The van der Waals surface area contributed by atoms with Crippen LogP contribution in [-0.4, -0.2) is 25.0 Å². The Morgan fingerprint density at radius 3 is 2.76 bits per heavy atom. The second kappa shape index (κ2) is 7.81. The maximum Gasteiger partial charge on any atom is 0.349 e. The lowest BCUT2D eigenvalue weighted by Gasteiger charge is -2.12. The number of hydrogen-bond acceptors (Lipinski definition) is 4. The van der Waals surface area contributed by atoms with Gasteiger partial charge in [0.1, 0.15) is 11.1 Å². The molecule has 0 aliphatic rings. The molecule has 1 aromatic carbocycles. The van der Waals surface area contributed by atoms with E-state index in [0.717, 1.165) is 11.9 Å². The molecule has 1 atom stereocenters. The van der Waals surface area contributed by atoms with Gasteiger partial charge in [0.2, 0.25) is 0 Å². The van der Waals surface area contributed by atoms with Gasteiger partial charge in [-0.05, 0) is 25.6 Å². The summed E-state index contributed by atoms with van der Waals surface area (Å²) in [6.45, 7) is 5.25. The largest absolute Gasteiger partial charge is 0.422 e. The summed E-state index contributed by atoms with van der Waals surface area (Å²) < 4.78 is 5.14. The van der Waals surface area contributed by atoms with Gasteiger partial charge in [-0.15, -0.1) is 12.4 Å². The highest BCUT2D eigenvalue weighted by molar-refractivity contribution is 5.96. The number of carbonyl (C=O) groups is 1. The molecule has 1 aromatic heterocycles. The lowest BCUT2D eigenvalue weighted by Crippen LogP contribution is -2.39. The van der Waals surface area contributed by atoms with E-state index in [4.69, 9.17) is 4.42 Å². The van der Waals surface area contributed by atoms with Gasteiger partial charge in [0.25, 0.3) is 5.91 Å². The molecule has 1 heterocycles. The van der Waals surface area contributed by atoms with Crippen molar-refractivity contribution in [2.24, 2.45) is 0 Å². The molecule has 1 amide bonds. The van der Waals surface area contributed by atoms with Crippen molar-refractivity contribution in [3.05, 3.63) is 46.3 Å². The molecule has 2 N–H and O–H groups in total. The quantitative estimate of drug-likeness (QED) is 0.828. The van der Waals surface area contributed by atoms with E-state index in [1.54, 1.807) is 24.3 Å². The maximum absolute atomic E-state index is 12.0. The minimum absolute atomic E-state index is 0. The molecule has 0 aliphatic heterocycles. The molecule has 2 rings (SSSR count). The number of carbonyl (C=O) groups excluding carboxylic acids is 1. The molecule has 0 aliphatic carbocycles. The van der Waals surface area contributed by atoms with E-state index < -0.39 is 11.5 Å². The Morgan fingerprint density at radius 2 is 2.05 bits per heavy atom. The maximum atomic E-state index is 12.0. The minimum Gasteiger partial charge on any atom is -0.422 e. The van der Waals surface area contributed by atoms with Crippen LogP contribution in [0.4, 0.5) is 0 Å². The lowest BCUT2D eigenvalue weighted by atomic mass is 10.2. The van der Waals surface area contributed by atoms with E-state index in [1.165, 1.54) is 0 Å². The highest BCUT2D eigenvalue weighted by Gasteiger charge is 2.13. The van der Waals surface area contributed by atoms with E-state index in [2.05, 4.69) is 10.6 Å². The van der Waals surface area contributed by atoms with Gasteiger partial charge in [-0.2, -0.15) is 0 Å². The zero-order chi connectivity index (χ0) is 14.5. The van der Waals surface area contributed by atoms with Crippen LogP contribution in [0.15, 0.2) is 39.5 Å². The molecule has 0 spiro atoms. The summed E-state index contributed by atoms with van der Waals surface area (Å²) in [6, 6.07) is 8.83. The fourth-order valence-corrected chi connectivity index (χ4v) is 1.98. The first-order valence-electron chi connectivity index (χ1n) is 6.66. The first kappa shape index (κ1) is 17.2. The summed E-state index contributed by atoms with van der Waals surface area (Å²) in [5, 5.41) is 6.64. The number of rotatable bonds is 5. The van der Waals surface area contributed by atoms with E-state index in [0.29, 0.717) is 12.1 Å². The topological polar surface area (TPSA) is 71.3 Å². The van der Waals surface area contributed by atoms with Crippen molar-refractivity contribution in [3.8, 4) is 0 Å². The van der Waals surface area contributed by atoms with Gasteiger partial charge >= 0.3 is 5.63 Å². The molecular formula is C15H19ClN2O3. The van der Waals surface area contributed by atoms with E-state index >= 15 is 0 Å². The van der Waals surface area contributed by atoms with Crippen LogP contribution < -0.4 is 16.3 Å². The lowest BCUT2D eigenvalue weighted by molar-refractivity contribution is 0.0946.